The van der Waals surface area contributed by atoms with Gasteiger partial charge in [0.05, 0.1) is 0 Å². The third-order valence-electron chi connectivity index (χ3n) is 7.45. The predicted octanol–water partition coefficient (Wildman–Crippen LogP) is 5.93. The molecule has 5 rings (SSSR count). The minimum Gasteiger partial charge on any atom is -0.0912 e. The normalized spacial score (nSPS) is 20.6. The van der Waals surface area contributed by atoms with E-state index in [2.05, 4.69) is 36.4 Å². The van der Waals surface area contributed by atoms with Crippen molar-refractivity contribution in [3.8, 4) is 0 Å². The zero-order valence-corrected chi connectivity index (χ0v) is 16.6. The number of benzene rings is 2. The van der Waals surface area contributed by atoms with E-state index in [9.17, 15) is 0 Å². The van der Waals surface area contributed by atoms with Crippen molar-refractivity contribution in [2.75, 3.05) is 0 Å². The summed E-state index contributed by atoms with van der Waals surface area (Å²) in [5.41, 5.74) is 7.76. The van der Waals surface area contributed by atoms with Crippen LogP contribution in [-0.2, 0) is 6.42 Å². The maximum Gasteiger partial charge on any atom is -0.00108 e. The monoisotopic (exact) mass is 356 g/mol. The maximum atomic E-state index is 4.72. The van der Waals surface area contributed by atoms with Crippen molar-refractivity contribution in [2.24, 2.45) is 0 Å². The molecule has 2 aromatic rings. The maximum absolute atomic E-state index is 4.72. The van der Waals surface area contributed by atoms with Crippen LogP contribution >= 0.6 is 0 Å². The summed E-state index contributed by atoms with van der Waals surface area (Å²) < 4.78 is 0. The Bertz CT molecular complexity index is 937. The van der Waals surface area contributed by atoms with Crippen molar-refractivity contribution in [1.29, 1.82) is 0 Å². The van der Waals surface area contributed by atoms with Crippen LogP contribution in [0.4, 0.5) is 0 Å². The summed E-state index contributed by atoms with van der Waals surface area (Å²) in [6.07, 6.45) is 17.4. The van der Waals surface area contributed by atoms with Gasteiger partial charge in [0.2, 0.25) is 0 Å². The Labute approximate surface area is 164 Å². The number of hydrogen-bond acceptors (Lipinski definition) is 0. The van der Waals surface area contributed by atoms with E-state index < -0.39 is 0 Å². The Hall–Kier alpha value is -1.82. The quantitative estimate of drug-likeness (QED) is 0.534. The molecular weight excluding hydrogens is 324 g/mol. The lowest BCUT2D eigenvalue weighted by Crippen LogP contribution is -2.31. The second-order valence-electron chi connectivity index (χ2n) is 9.12. The van der Waals surface area contributed by atoms with Gasteiger partial charge in [-0.1, -0.05) is 75.4 Å². The first-order valence-corrected chi connectivity index (χ1v) is 11.3. The average Bonchev–Trinajstić information content (AvgIpc) is 2.73. The van der Waals surface area contributed by atoms with Crippen LogP contribution in [0.1, 0.15) is 104 Å². The van der Waals surface area contributed by atoms with Crippen molar-refractivity contribution in [3.05, 3.63) is 68.6 Å². The Kier molecular flexibility index (Phi) is 4.68. The molecule has 0 heterocycles. The number of rotatable bonds is 2. The van der Waals surface area contributed by atoms with Crippen LogP contribution in [0.5, 0.6) is 0 Å². The van der Waals surface area contributed by atoms with Crippen LogP contribution in [0.2, 0.25) is 0 Å². The fourth-order valence-corrected chi connectivity index (χ4v) is 6.02. The van der Waals surface area contributed by atoms with E-state index in [1.54, 1.807) is 16.7 Å². The minimum absolute atomic E-state index is 0.738. The Morgan fingerprint density at radius 1 is 0.778 bits per heavy atom. The molecule has 0 nitrogen and oxygen atoms in total. The molecule has 0 bridgehead atoms. The van der Waals surface area contributed by atoms with Gasteiger partial charge in [0, 0.05) is 0 Å². The molecule has 0 atom stereocenters. The smallest absolute Gasteiger partial charge is 0.00108 e. The van der Waals surface area contributed by atoms with Gasteiger partial charge in [-0.25, -0.2) is 0 Å². The van der Waals surface area contributed by atoms with Crippen molar-refractivity contribution in [2.45, 2.75) is 82.5 Å². The molecule has 2 fully saturated rings. The van der Waals surface area contributed by atoms with Crippen molar-refractivity contribution in [3.63, 3.8) is 0 Å². The average molecular weight is 357 g/mol. The lowest BCUT2D eigenvalue weighted by atomic mass is 9.74. The van der Waals surface area contributed by atoms with Crippen LogP contribution in [-0.4, -0.2) is 0 Å². The number of fused-ring (bicyclic) bond motifs is 2. The number of hydrogen-bond donors (Lipinski definition) is 0. The first-order chi connectivity index (χ1) is 13.3. The molecule has 2 aromatic carbocycles. The topological polar surface area (TPSA) is 0 Å². The summed E-state index contributed by atoms with van der Waals surface area (Å²) in [7, 11) is 0. The minimum atomic E-state index is 0.738. The molecule has 0 spiro atoms. The Balaban J connectivity index is 1.71. The highest BCUT2D eigenvalue weighted by Gasteiger charge is 2.25. The highest BCUT2D eigenvalue weighted by molar-refractivity contribution is 5.62. The molecule has 140 valence electrons. The van der Waals surface area contributed by atoms with Crippen LogP contribution in [0.15, 0.2) is 30.3 Å². The molecular formula is C27H32. The van der Waals surface area contributed by atoms with E-state index in [0.29, 0.717) is 0 Å². The largest absolute Gasteiger partial charge is 0.0912 e. The zero-order chi connectivity index (χ0) is 18.2. The van der Waals surface area contributed by atoms with Gasteiger partial charge in [-0.3, -0.25) is 0 Å². The standard InChI is InChI=1S/C27H32/c1-19-25(20-10-4-2-5-11-20)18-24-16-22-14-8-9-15-23(22)17-26(24)27(19)21-12-6-3-7-13-21/h8-9,14-16,18,20-21H,1-7,10-13,17H2. The van der Waals surface area contributed by atoms with Gasteiger partial charge in [0.1, 0.15) is 0 Å². The first kappa shape index (κ1) is 17.3. The molecule has 3 aliphatic carbocycles. The SMILES string of the molecule is C=c1c(C2CCCCC2)cc2c(c1C1CCCCC1)Cc1ccccc1C=2. The van der Waals surface area contributed by atoms with Crippen molar-refractivity contribution >= 4 is 12.7 Å². The zero-order valence-electron chi connectivity index (χ0n) is 16.6. The summed E-state index contributed by atoms with van der Waals surface area (Å²) in [6.45, 7) is 4.72. The highest BCUT2D eigenvalue weighted by atomic mass is 14.3. The summed E-state index contributed by atoms with van der Waals surface area (Å²) in [6, 6.07) is 11.5. The van der Waals surface area contributed by atoms with E-state index in [0.717, 1.165) is 18.3 Å². The summed E-state index contributed by atoms with van der Waals surface area (Å²) in [5.74, 6) is 1.48. The van der Waals surface area contributed by atoms with E-state index in [4.69, 9.17) is 6.58 Å². The molecule has 0 aromatic heterocycles. The van der Waals surface area contributed by atoms with Gasteiger partial charge in [-0.15, -0.1) is 0 Å². The predicted molar refractivity (Wildman–Crippen MR) is 116 cm³/mol. The molecule has 0 saturated heterocycles. The Morgan fingerprint density at radius 3 is 2.19 bits per heavy atom. The lowest BCUT2D eigenvalue weighted by Gasteiger charge is -2.30. The third-order valence-corrected chi connectivity index (χ3v) is 7.45. The molecule has 0 amide bonds. The van der Waals surface area contributed by atoms with Gasteiger partial charge in [0.15, 0.2) is 0 Å². The van der Waals surface area contributed by atoms with Crippen LogP contribution in [0.25, 0.3) is 12.7 Å². The van der Waals surface area contributed by atoms with Gasteiger partial charge >= 0.3 is 0 Å². The van der Waals surface area contributed by atoms with E-state index in [-0.39, 0.29) is 0 Å². The Morgan fingerprint density at radius 2 is 1.44 bits per heavy atom. The second kappa shape index (κ2) is 7.30. The highest BCUT2D eigenvalue weighted by Crippen LogP contribution is 2.36. The molecule has 0 radical (unpaired) electrons. The van der Waals surface area contributed by atoms with E-state index in [1.165, 1.54) is 85.8 Å². The summed E-state index contributed by atoms with van der Waals surface area (Å²) in [5, 5.41) is 2.92. The summed E-state index contributed by atoms with van der Waals surface area (Å²) in [4.78, 5) is 0. The van der Waals surface area contributed by atoms with E-state index >= 15 is 0 Å². The second-order valence-corrected chi connectivity index (χ2v) is 9.12. The molecule has 0 heteroatoms. The van der Waals surface area contributed by atoms with Crippen molar-refractivity contribution in [1.82, 2.24) is 0 Å². The fourth-order valence-electron chi connectivity index (χ4n) is 6.02. The molecule has 27 heavy (non-hydrogen) atoms. The van der Waals surface area contributed by atoms with E-state index in [1.807, 2.05) is 0 Å². The molecule has 0 N–H and O–H groups in total. The molecule has 3 aliphatic rings. The van der Waals surface area contributed by atoms with Crippen molar-refractivity contribution < 1.29 is 0 Å². The lowest BCUT2D eigenvalue weighted by molar-refractivity contribution is 0.431. The molecule has 0 unspecified atom stereocenters. The first-order valence-electron chi connectivity index (χ1n) is 11.3. The summed E-state index contributed by atoms with van der Waals surface area (Å²) >= 11 is 0. The third kappa shape index (κ3) is 3.18. The van der Waals surface area contributed by atoms with Gasteiger partial charge < -0.3 is 0 Å². The van der Waals surface area contributed by atoms with Crippen LogP contribution < -0.4 is 10.4 Å². The van der Waals surface area contributed by atoms with Gasteiger partial charge in [0.25, 0.3) is 0 Å². The van der Waals surface area contributed by atoms with Gasteiger partial charge in [-0.05, 0) is 88.3 Å². The van der Waals surface area contributed by atoms with Gasteiger partial charge in [-0.2, -0.15) is 0 Å². The van der Waals surface area contributed by atoms with Crippen LogP contribution in [0, 0.1) is 0 Å². The molecule has 2 saturated carbocycles. The molecule has 0 aliphatic heterocycles. The fraction of sp³-hybridized carbons (Fsp3) is 0.481. The van der Waals surface area contributed by atoms with Crippen LogP contribution in [0.3, 0.4) is 0 Å².